The van der Waals surface area contributed by atoms with Gasteiger partial charge in [-0.3, -0.25) is 0 Å². The minimum atomic E-state index is 1.09. The zero-order valence-electron chi connectivity index (χ0n) is 37.0. The van der Waals surface area contributed by atoms with E-state index in [9.17, 15) is 0 Å². The molecule has 1 aliphatic rings. The number of hydrogen-bond acceptors (Lipinski definition) is 2. The van der Waals surface area contributed by atoms with Crippen molar-refractivity contribution in [3.05, 3.63) is 266 Å². The summed E-state index contributed by atoms with van der Waals surface area (Å²) in [5.74, 6) is 0. The van der Waals surface area contributed by atoms with E-state index in [0.717, 1.165) is 41.3 Å². The molecule has 0 fully saturated rings. The van der Waals surface area contributed by atoms with Crippen molar-refractivity contribution in [2.75, 3.05) is 9.80 Å². The molecule has 0 unspecified atom stereocenters. The lowest BCUT2D eigenvalue weighted by molar-refractivity contribution is 0.686. The molecule has 2 nitrogen and oxygen atoms in total. The molecule has 0 aromatic heterocycles. The molecule has 0 bridgehead atoms. The summed E-state index contributed by atoms with van der Waals surface area (Å²) in [6.45, 7) is 0. The number of nitrogens with zero attached hydrogens (tertiary/aromatic N) is 2. The van der Waals surface area contributed by atoms with Crippen LogP contribution in [0.3, 0.4) is 0 Å². The monoisotopic (exact) mass is 846 g/mol. The highest BCUT2D eigenvalue weighted by Gasteiger charge is 2.22. The molecule has 2 heteroatoms. The second-order valence-electron chi connectivity index (χ2n) is 17.2. The Morgan fingerprint density at radius 2 is 0.530 bits per heavy atom. The van der Waals surface area contributed by atoms with Gasteiger partial charge in [-0.05, 0) is 171 Å². The molecule has 0 aliphatic heterocycles. The summed E-state index contributed by atoms with van der Waals surface area (Å²) in [5.41, 5.74) is 21.8. The van der Waals surface area contributed by atoms with Gasteiger partial charge in [-0.25, -0.2) is 0 Å². The second-order valence-corrected chi connectivity index (χ2v) is 17.2. The molecular weight excluding hydrogens is 797 g/mol. The molecule has 0 saturated carbocycles. The molecule has 10 aromatic rings. The average molecular weight is 847 g/mol. The number of benzene rings is 10. The minimum Gasteiger partial charge on any atom is -0.311 e. The van der Waals surface area contributed by atoms with Crippen LogP contribution in [0, 0.1) is 0 Å². The molecule has 1 aliphatic carbocycles. The van der Waals surface area contributed by atoms with Gasteiger partial charge in [-0.15, -0.1) is 0 Å². The lowest BCUT2D eigenvalue weighted by atomic mass is 9.89. The fourth-order valence-corrected chi connectivity index (χ4v) is 9.65. The van der Waals surface area contributed by atoms with Crippen LogP contribution in [0.15, 0.2) is 255 Å². The van der Waals surface area contributed by atoms with Crippen molar-refractivity contribution in [2.45, 2.75) is 25.7 Å². The first-order valence-corrected chi connectivity index (χ1v) is 23.2. The van der Waals surface area contributed by atoms with Gasteiger partial charge >= 0.3 is 0 Å². The Kier molecular flexibility index (Phi) is 11.4. The predicted octanol–water partition coefficient (Wildman–Crippen LogP) is 17.8. The fraction of sp³-hybridized carbons (Fsp3) is 0.0625. The van der Waals surface area contributed by atoms with Gasteiger partial charge in [0.15, 0.2) is 0 Å². The second kappa shape index (κ2) is 18.5. The molecule has 0 radical (unpaired) electrons. The van der Waals surface area contributed by atoms with E-state index in [1.54, 1.807) is 0 Å². The van der Waals surface area contributed by atoms with Gasteiger partial charge in [0.1, 0.15) is 0 Å². The molecule has 0 spiro atoms. The third kappa shape index (κ3) is 8.45. The van der Waals surface area contributed by atoms with Crippen molar-refractivity contribution < 1.29 is 0 Å². The van der Waals surface area contributed by atoms with Crippen molar-refractivity contribution in [3.8, 4) is 55.6 Å². The summed E-state index contributed by atoms with van der Waals surface area (Å²) >= 11 is 0. The van der Waals surface area contributed by atoms with Crippen LogP contribution >= 0.6 is 0 Å². The highest BCUT2D eigenvalue weighted by Crippen LogP contribution is 2.43. The molecule has 11 rings (SSSR count). The Balaban J connectivity index is 0.962. The van der Waals surface area contributed by atoms with Crippen LogP contribution in [-0.4, -0.2) is 0 Å². The van der Waals surface area contributed by atoms with E-state index in [0.29, 0.717) is 0 Å². The SMILES string of the molecule is c1ccc(-c2ccc(N(c3ccc(-c4cccc(-c5ccccc5)c4)cc3)c3ccc(N(c4ccc(-c5cccc(-c6ccccc6)c5)cc4)c4cccc5c4CCCC5)cc3)cc2)cc1. The Bertz CT molecular complexity index is 3190. The standard InChI is InChI=1S/C64H50N2/c1-4-15-47(16-5-1)50-29-35-58(36-30-50)65(59-37-31-51(32-38-59)56-25-12-23-54(45-56)48-17-6-2-7-18-48)60-41-43-62(44-42-60)66(64-28-14-22-53-21-10-11-27-63(53)64)61-39-33-52(34-40-61)57-26-13-24-55(46-57)49-19-8-3-9-20-49/h1-9,12-20,22-26,28-46H,10-11,21,27H2. The van der Waals surface area contributed by atoms with Crippen LogP contribution in [-0.2, 0) is 12.8 Å². The Hall–Kier alpha value is -8.20. The highest BCUT2D eigenvalue weighted by atomic mass is 15.2. The smallest absolute Gasteiger partial charge is 0.0496 e. The largest absolute Gasteiger partial charge is 0.311 e. The Morgan fingerprint density at radius 1 is 0.227 bits per heavy atom. The molecule has 66 heavy (non-hydrogen) atoms. The van der Waals surface area contributed by atoms with Gasteiger partial charge in [-0.1, -0.05) is 176 Å². The number of fused-ring (bicyclic) bond motifs is 1. The normalized spacial score (nSPS) is 12.0. The maximum atomic E-state index is 2.47. The van der Waals surface area contributed by atoms with Crippen molar-refractivity contribution >= 4 is 34.1 Å². The molecule has 316 valence electrons. The van der Waals surface area contributed by atoms with E-state index in [1.807, 2.05) is 0 Å². The molecular formula is C64H50N2. The molecule has 0 atom stereocenters. The minimum absolute atomic E-state index is 1.09. The highest BCUT2D eigenvalue weighted by molar-refractivity contribution is 5.85. The summed E-state index contributed by atoms with van der Waals surface area (Å²) in [6, 6.07) is 92.7. The number of hydrogen-bond donors (Lipinski definition) is 0. The summed E-state index contributed by atoms with van der Waals surface area (Å²) in [6.07, 6.45) is 4.67. The van der Waals surface area contributed by atoms with Gasteiger partial charge in [-0.2, -0.15) is 0 Å². The van der Waals surface area contributed by atoms with E-state index in [1.165, 1.54) is 85.3 Å². The quantitative estimate of drug-likeness (QED) is 0.128. The maximum absolute atomic E-state index is 2.47. The average Bonchev–Trinajstić information content (AvgIpc) is 3.41. The zero-order valence-corrected chi connectivity index (χ0v) is 37.0. The first kappa shape index (κ1) is 40.6. The van der Waals surface area contributed by atoms with E-state index >= 15 is 0 Å². The first-order valence-electron chi connectivity index (χ1n) is 23.2. The summed E-state index contributed by atoms with van der Waals surface area (Å²) in [7, 11) is 0. The lowest BCUT2D eigenvalue weighted by Crippen LogP contribution is -2.15. The van der Waals surface area contributed by atoms with Crippen LogP contribution < -0.4 is 9.80 Å². The van der Waals surface area contributed by atoms with E-state index in [-0.39, 0.29) is 0 Å². The van der Waals surface area contributed by atoms with Crippen LogP contribution in [0.1, 0.15) is 24.0 Å². The molecule has 0 N–H and O–H groups in total. The topological polar surface area (TPSA) is 6.48 Å². The van der Waals surface area contributed by atoms with Gasteiger partial charge in [0.05, 0.1) is 0 Å². The van der Waals surface area contributed by atoms with Gasteiger partial charge < -0.3 is 9.80 Å². The fourth-order valence-electron chi connectivity index (χ4n) is 9.65. The third-order valence-corrected chi connectivity index (χ3v) is 13.1. The number of rotatable bonds is 11. The van der Waals surface area contributed by atoms with Crippen molar-refractivity contribution in [1.82, 2.24) is 0 Å². The van der Waals surface area contributed by atoms with Crippen LogP contribution in [0.4, 0.5) is 34.1 Å². The van der Waals surface area contributed by atoms with Gasteiger partial charge in [0.2, 0.25) is 0 Å². The molecule has 10 aromatic carbocycles. The first-order chi connectivity index (χ1) is 32.7. The molecule has 0 heterocycles. The van der Waals surface area contributed by atoms with Crippen molar-refractivity contribution in [1.29, 1.82) is 0 Å². The van der Waals surface area contributed by atoms with Crippen molar-refractivity contribution in [3.63, 3.8) is 0 Å². The Labute approximate surface area is 389 Å². The predicted molar refractivity (Wildman–Crippen MR) is 280 cm³/mol. The van der Waals surface area contributed by atoms with E-state index < -0.39 is 0 Å². The lowest BCUT2D eigenvalue weighted by Gasteiger charge is -2.31. The van der Waals surface area contributed by atoms with E-state index in [4.69, 9.17) is 0 Å². The van der Waals surface area contributed by atoms with Crippen LogP contribution in [0.25, 0.3) is 55.6 Å². The number of aryl methyl sites for hydroxylation is 1. The van der Waals surface area contributed by atoms with Gasteiger partial charge in [0.25, 0.3) is 0 Å². The van der Waals surface area contributed by atoms with E-state index in [2.05, 4.69) is 265 Å². The van der Waals surface area contributed by atoms with Crippen LogP contribution in [0.2, 0.25) is 0 Å². The third-order valence-electron chi connectivity index (χ3n) is 13.1. The summed E-state index contributed by atoms with van der Waals surface area (Å²) in [4.78, 5) is 4.84. The number of anilines is 6. The van der Waals surface area contributed by atoms with Crippen molar-refractivity contribution in [2.24, 2.45) is 0 Å². The maximum Gasteiger partial charge on any atom is 0.0496 e. The zero-order chi connectivity index (χ0) is 44.1. The molecule has 0 amide bonds. The molecule has 0 saturated heterocycles. The summed E-state index contributed by atoms with van der Waals surface area (Å²) in [5, 5.41) is 0. The summed E-state index contributed by atoms with van der Waals surface area (Å²) < 4.78 is 0. The van der Waals surface area contributed by atoms with Crippen LogP contribution in [0.5, 0.6) is 0 Å². The van der Waals surface area contributed by atoms with Gasteiger partial charge in [0, 0.05) is 34.1 Å². The Morgan fingerprint density at radius 3 is 0.955 bits per heavy atom.